The molecule has 2 saturated heterocycles. The predicted molar refractivity (Wildman–Crippen MR) is 131 cm³/mol. The molecule has 0 radical (unpaired) electrons. The second kappa shape index (κ2) is 11.4. The lowest BCUT2D eigenvalue weighted by atomic mass is 9.84. The van der Waals surface area contributed by atoms with E-state index in [0.717, 1.165) is 76.0 Å². The summed E-state index contributed by atoms with van der Waals surface area (Å²) in [6.07, 6.45) is 6.38. The molecule has 0 bridgehead atoms. The normalized spacial score (nSPS) is 24.7. The molecule has 3 aliphatic rings. The van der Waals surface area contributed by atoms with Gasteiger partial charge in [-0.15, -0.1) is 0 Å². The van der Waals surface area contributed by atoms with E-state index in [0.29, 0.717) is 31.1 Å². The molecule has 3 heterocycles. The Hall–Kier alpha value is -1.94. The number of hydrogen-bond donors (Lipinski definition) is 1. The smallest absolute Gasteiger partial charge is 0.225 e. The molecule has 1 aromatic heterocycles. The summed E-state index contributed by atoms with van der Waals surface area (Å²) in [4.78, 5) is 17.0. The highest BCUT2D eigenvalue weighted by atomic mass is 35.5. The third-order valence-corrected chi connectivity index (χ3v) is 7.77. The number of piperazine rings is 1. The number of carbonyl (C=O) groups excluding carboxylic acids is 1. The summed E-state index contributed by atoms with van der Waals surface area (Å²) in [6.45, 7) is 6.05. The summed E-state index contributed by atoms with van der Waals surface area (Å²) < 4.78 is 30.0. The molecule has 0 atom stereocenters. The molecule has 2 aromatic rings. The number of halogens is 2. The number of nitrogens with one attached hydrogen (secondary N) is 1. The number of ether oxygens (including phenoxy) is 2. The molecule has 1 amide bonds. The average molecular weight is 509 g/mol. The van der Waals surface area contributed by atoms with Crippen LogP contribution < -0.4 is 10.2 Å². The van der Waals surface area contributed by atoms with E-state index in [4.69, 9.17) is 25.6 Å². The SMILES string of the molecule is O=C(CC1OCCCO1)NC1CCC(CCN2CCN(c3noc4cc(F)c(Cl)cc34)CC2)CC1. The fourth-order valence-electron chi connectivity index (χ4n) is 5.38. The topological polar surface area (TPSA) is 80.1 Å². The highest BCUT2D eigenvalue weighted by molar-refractivity contribution is 6.31. The minimum atomic E-state index is -0.494. The molecule has 0 spiro atoms. The molecule has 3 fully saturated rings. The van der Waals surface area contributed by atoms with Gasteiger partial charge in [0.25, 0.3) is 0 Å². The highest BCUT2D eigenvalue weighted by Crippen LogP contribution is 2.31. The van der Waals surface area contributed by atoms with Gasteiger partial charge in [-0.25, -0.2) is 4.39 Å². The Labute approximate surface area is 210 Å². The lowest BCUT2D eigenvalue weighted by Crippen LogP contribution is -2.47. The van der Waals surface area contributed by atoms with Gasteiger partial charge in [0.15, 0.2) is 17.7 Å². The number of benzene rings is 1. The standard InChI is InChI=1S/C25H34ClFN4O4/c26-20-14-19-22(15-21(20)27)35-29-25(19)31-10-8-30(9-11-31)7-6-17-2-4-18(5-3-17)28-23(32)16-24-33-12-1-13-34-24/h14-15,17-18,24H,1-13,16H2,(H,28,32). The summed E-state index contributed by atoms with van der Waals surface area (Å²) in [6, 6.07) is 3.16. The van der Waals surface area contributed by atoms with Gasteiger partial charge in [0.05, 0.1) is 30.0 Å². The van der Waals surface area contributed by atoms with Crippen molar-refractivity contribution in [2.75, 3.05) is 50.8 Å². The largest absolute Gasteiger partial charge is 0.354 e. The van der Waals surface area contributed by atoms with Crippen molar-refractivity contribution >= 4 is 34.3 Å². The first-order valence-corrected chi connectivity index (χ1v) is 13.2. The van der Waals surface area contributed by atoms with Crippen LogP contribution in [-0.2, 0) is 14.3 Å². The maximum Gasteiger partial charge on any atom is 0.225 e. The number of amides is 1. The van der Waals surface area contributed by atoms with Crippen LogP contribution in [0.5, 0.6) is 0 Å². The van der Waals surface area contributed by atoms with Gasteiger partial charge >= 0.3 is 0 Å². The summed E-state index contributed by atoms with van der Waals surface area (Å²) >= 11 is 5.97. The van der Waals surface area contributed by atoms with Gasteiger partial charge in [0.2, 0.25) is 5.91 Å². The number of hydrogen-bond acceptors (Lipinski definition) is 7. The van der Waals surface area contributed by atoms with E-state index in [1.807, 2.05) is 0 Å². The van der Waals surface area contributed by atoms with Crippen LogP contribution in [0.1, 0.15) is 44.9 Å². The molecule has 1 saturated carbocycles. The number of anilines is 1. The van der Waals surface area contributed by atoms with E-state index in [1.165, 1.54) is 12.5 Å². The van der Waals surface area contributed by atoms with Crippen LogP contribution in [0.4, 0.5) is 10.2 Å². The van der Waals surface area contributed by atoms with Gasteiger partial charge in [0.1, 0.15) is 5.82 Å². The van der Waals surface area contributed by atoms with Crippen molar-refractivity contribution in [2.45, 2.75) is 57.3 Å². The van der Waals surface area contributed by atoms with Gasteiger partial charge < -0.3 is 24.2 Å². The lowest BCUT2D eigenvalue weighted by molar-refractivity contribution is -0.184. The van der Waals surface area contributed by atoms with Crippen molar-refractivity contribution in [3.63, 3.8) is 0 Å². The van der Waals surface area contributed by atoms with Crippen molar-refractivity contribution in [2.24, 2.45) is 5.92 Å². The van der Waals surface area contributed by atoms with Gasteiger partial charge in [-0.1, -0.05) is 16.8 Å². The molecular formula is C25H34ClFN4O4. The van der Waals surface area contributed by atoms with Crippen molar-refractivity contribution < 1.29 is 23.2 Å². The monoisotopic (exact) mass is 508 g/mol. The van der Waals surface area contributed by atoms with Crippen LogP contribution in [0.25, 0.3) is 11.0 Å². The van der Waals surface area contributed by atoms with E-state index in [2.05, 4.69) is 20.3 Å². The first-order chi connectivity index (χ1) is 17.0. The number of rotatable bonds is 7. The van der Waals surface area contributed by atoms with E-state index in [-0.39, 0.29) is 23.3 Å². The maximum absolute atomic E-state index is 13.7. The molecule has 5 rings (SSSR count). The van der Waals surface area contributed by atoms with Crippen molar-refractivity contribution in [3.05, 3.63) is 23.0 Å². The zero-order valence-corrected chi connectivity index (χ0v) is 20.8. The summed E-state index contributed by atoms with van der Waals surface area (Å²) in [5, 5.41) is 8.18. The second-order valence-electron chi connectivity index (χ2n) is 9.90. The van der Waals surface area contributed by atoms with E-state index < -0.39 is 5.82 Å². The van der Waals surface area contributed by atoms with Crippen LogP contribution in [0.15, 0.2) is 16.7 Å². The van der Waals surface area contributed by atoms with Gasteiger partial charge in [-0.05, 0) is 57.1 Å². The molecule has 35 heavy (non-hydrogen) atoms. The fraction of sp³-hybridized carbons (Fsp3) is 0.680. The average Bonchev–Trinajstić information content (AvgIpc) is 3.27. The summed E-state index contributed by atoms with van der Waals surface area (Å²) in [5.41, 5.74) is 0.423. The number of carbonyl (C=O) groups is 1. The Morgan fingerprint density at radius 1 is 1.11 bits per heavy atom. The van der Waals surface area contributed by atoms with Crippen LogP contribution in [0, 0.1) is 11.7 Å². The molecule has 2 aliphatic heterocycles. The second-order valence-corrected chi connectivity index (χ2v) is 10.3. The number of fused-ring (bicyclic) bond motifs is 1. The van der Waals surface area contributed by atoms with Crippen LogP contribution in [-0.4, -0.2) is 74.2 Å². The third kappa shape index (κ3) is 6.25. The predicted octanol–water partition coefficient (Wildman–Crippen LogP) is 3.96. The molecule has 1 aliphatic carbocycles. The van der Waals surface area contributed by atoms with Crippen LogP contribution in [0.2, 0.25) is 5.02 Å². The molecule has 1 N–H and O–H groups in total. The zero-order valence-electron chi connectivity index (χ0n) is 20.0. The molecule has 192 valence electrons. The Balaban J connectivity index is 1.00. The zero-order chi connectivity index (χ0) is 24.2. The van der Waals surface area contributed by atoms with E-state index in [9.17, 15) is 9.18 Å². The minimum absolute atomic E-state index is 0.0329. The molecule has 0 unspecified atom stereocenters. The first-order valence-electron chi connectivity index (χ1n) is 12.8. The number of aromatic nitrogens is 1. The number of nitrogens with zero attached hydrogens (tertiary/aromatic N) is 3. The quantitative estimate of drug-likeness (QED) is 0.606. The summed E-state index contributed by atoms with van der Waals surface area (Å²) in [5.74, 6) is 0.989. The van der Waals surface area contributed by atoms with Crippen molar-refractivity contribution in [1.29, 1.82) is 0 Å². The third-order valence-electron chi connectivity index (χ3n) is 7.48. The summed E-state index contributed by atoms with van der Waals surface area (Å²) in [7, 11) is 0. The highest BCUT2D eigenvalue weighted by Gasteiger charge is 2.26. The van der Waals surface area contributed by atoms with Gasteiger partial charge in [0, 0.05) is 38.3 Å². The molecular weight excluding hydrogens is 475 g/mol. The maximum atomic E-state index is 13.7. The molecule has 10 heteroatoms. The Kier molecular flexibility index (Phi) is 8.07. The Morgan fingerprint density at radius 2 is 1.86 bits per heavy atom. The van der Waals surface area contributed by atoms with Crippen LogP contribution in [0.3, 0.4) is 0 Å². The lowest BCUT2D eigenvalue weighted by Gasteiger charge is -2.36. The molecule has 1 aromatic carbocycles. The van der Waals surface area contributed by atoms with Crippen LogP contribution >= 0.6 is 11.6 Å². The minimum Gasteiger partial charge on any atom is -0.354 e. The van der Waals surface area contributed by atoms with Crippen molar-refractivity contribution in [1.82, 2.24) is 15.4 Å². The van der Waals surface area contributed by atoms with Gasteiger partial charge in [-0.3, -0.25) is 9.69 Å². The fourth-order valence-corrected chi connectivity index (χ4v) is 5.55. The van der Waals surface area contributed by atoms with E-state index >= 15 is 0 Å². The molecule has 8 nitrogen and oxygen atoms in total. The first kappa shape index (κ1) is 24.7. The van der Waals surface area contributed by atoms with Gasteiger partial charge in [-0.2, -0.15) is 0 Å². The van der Waals surface area contributed by atoms with E-state index in [1.54, 1.807) is 6.07 Å². The Morgan fingerprint density at radius 3 is 2.60 bits per heavy atom. The van der Waals surface area contributed by atoms with Crippen molar-refractivity contribution in [3.8, 4) is 0 Å². The Bertz CT molecular complexity index is 999.